The van der Waals surface area contributed by atoms with E-state index < -0.39 is 17.3 Å². The Kier molecular flexibility index (Phi) is 5.79. The lowest BCUT2D eigenvalue weighted by Crippen LogP contribution is -2.30. The highest BCUT2D eigenvalue weighted by atomic mass is 19.1. The maximum Gasteiger partial charge on any atom is 0.414 e. The number of nitriles is 2. The van der Waals surface area contributed by atoms with Crippen LogP contribution in [0.2, 0.25) is 0 Å². The van der Waals surface area contributed by atoms with Crippen molar-refractivity contribution in [2.24, 2.45) is 5.73 Å². The summed E-state index contributed by atoms with van der Waals surface area (Å²) in [6.07, 6.45) is 1.94. The van der Waals surface area contributed by atoms with E-state index in [4.69, 9.17) is 15.3 Å². The van der Waals surface area contributed by atoms with Gasteiger partial charge in [-0.25, -0.2) is 9.18 Å². The molecule has 3 rings (SSSR count). The van der Waals surface area contributed by atoms with E-state index in [0.717, 1.165) is 6.54 Å². The van der Waals surface area contributed by atoms with Gasteiger partial charge < -0.3 is 15.8 Å². The highest BCUT2D eigenvalue weighted by molar-refractivity contribution is 5.89. The Bertz CT molecular complexity index is 721. The predicted octanol–water partition coefficient (Wildman–Crippen LogP) is 1.74. The van der Waals surface area contributed by atoms with Crippen molar-refractivity contribution < 1.29 is 13.9 Å². The smallest absolute Gasteiger partial charge is 0.414 e. The molecule has 0 aromatic heterocycles. The van der Waals surface area contributed by atoms with Crippen molar-refractivity contribution >= 4 is 11.8 Å². The van der Waals surface area contributed by atoms with Crippen LogP contribution in [0.3, 0.4) is 0 Å². The Hall–Kier alpha value is -2.84. The fraction of sp³-hybridized carbons (Fsp3) is 0.471. The summed E-state index contributed by atoms with van der Waals surface area (Å²) in [5, 5.41) is 19.4. The Morgan fingerprint density at radius 2 is 2.16 bits per heavy atom. The summed E-state index contributed by atoms with van der Waals surface area (Å²) in [6.45, 7) is 3.75. The number of carbonyl (C=O) groups excluding carboxylic acids is 1. The molecule has 1 aromatic rings. The maximum atomic E-state index is 14.3. The Balaban J connectivity index is 0.000000701. The van der Waals surface area contributed by atoms with Gasteiger partial charge in [0, 0.05) is 12.1 Å². The zero-order valence-corrected chi connectivity index (χ0v) is 14.0. The molecular weight excluding hydrogens is 325 g/mol. The van der Waals surface area contributed by atoms with Gasteiger partial charge in [0.25, 0.3) is 0 Å². The normalized spacial score (nSPS) is 19.9. The molecule has 1 aliphatic carbocycles. The number of benzene rings is 1. The first-order valence-electron chi connectivity index (χ1n) is 8.01. The number of ether oxygens (including phenoxy) is 1. The summed E-state index contributed by atoms with van der Waals surface area (Å²) < 4.78 is 19.6. The summed E-state index contributed by atoms with van der Waals surface area (Å²) in [4.78, 5) is 13.3. The summed E-state index contributed by atoms with van der Waals surface area (Å²) in [6, 6.07) is 6.81. The van der Waals surface area contributed by atoms with E-state index >= 15 is 0 Å². The molecule has 8 heteroatoms. The third kappa shape index (κ3) is 3.98. The monoisotopic (exact) mass is 345 g/mol. The third-order valence-electron chi connectivity index (χ3n) is 4.24. The van der Waals surface area contributed by atoms with Gasteiger partial charge in [-0.3, -0.25) is 4.90 Å². The molecule has 1 unspecified atom stereocenters. The first-order chi connectivity index (χ1) is 12.0. The number of carbonyl (C=O) groups is 1. The van der Waals surface area contributed by atoms with E-state index in [1.165, 1.54) is 17.2 Å². The van der Waals surface area contributed by atoms with Crippen LogP contribution in [0.1, 0.15) is 25.3 Å². The molecule has 132 valence electrons. The van der Waals surface area contributed by atoms with Crippen molar-refractivity contribution in [1.29, 1.82) is 10.5 Å². The molecule has 0 bridgehead atoms. The minimum Gasteiger partial charge on any atom is -0.443 e. The van der Waals surface area contributed by atoms with Crippen LogP contribution in [0.25, 0.3) is 0 Å². The van der Waals surface area contributed by atoms with Crippen LogP contribution in [0.4, 0.5) is 14.9 Å². The van der Waals surface area contributed by atoms with Crippen molar-refractivity contribution in [2.45, 2.75) is 31.3 Å². The second-order valence-electron chi connectivity index (χ2n) is 5.91. The molecule has 1 aromatic carbocycles. The number of cyclic esters (lactones) is 1. The van der Waals surface area contributed by atoms with Crippen molar-refractivity contribution in [3.8, 4) is 12.3 Å². The lowest BCUT2D eigenvalue weighted by Gasteiger charge is -2.15. The van der Waals surface area contributed by atoms with E-state index in [9.17, 15) is 9.18 Å². The molecule has 3 N–H and O–H groups in total. The van der Waals surface area contributed by atoms with Gasteiger partial charge in [0.2, 0.25) is 0 Å². The molecule has 7 nitrogen and oxygen atoms in total. The van der Waals surface area contributed by atoms with E-state index in [1.807, 2.05) is 6.92 Å². The number of amides is 1. The number of likely N-dealkylation sites (N-methyl/N-ethyl adjacent to an activating group) is 1. The van der Waals surface area contributed by atoms with Gasteiger partial charge >= 0.3 is 6.09 Å². The summed E-state index contributed by atoms with van der Waals surface area (Å²) in [7, 11) is 0. The van der Waals surface area contributed by atoms with Crippen LogP contribution in [0.5, 0.6) is 0 Å². The number of rotatable bonds is 5. The highest BCUT2D eigenvalue weighted by Crippen LogP contribution is 2.48. The van der Waals surface area contributed by atoms with Crippen LogP contribution in [-0.4, -0.2) is 31.8 Å². The Morgan fingerprint density at radius 3 is 2.68 bits per heavy atom. The second kappa shape index (κ2) is 7.82. The number of anilines is 1. The van der Waals surface area contributed by atoms with Crippen LogP contribution >= 0.6 is 0 Å². The lowest BCUT2D eigenvalue weighted by atomic mass is 9.97. The van der Waals surface area contributed by atoms with Gasteiger partial charge in [-0.2, -0.15) is 10.5 Å². The molecule has 1 heterocycles. The second-order valence-corrected chi connectivity index (χ2v) is 5.91. The molecule has 0 radical (unpaired) electrons. The molecule has 2 fully saturated rings. The van der Waals surface area contributed by atoms with Gasteiger partial charge in [-0.1, -0.05) is 13.0 Å². The minimum atomic E-state index is -0.665. The van der Waals surface area contributed by atoms with Crippen molar-refractivity contribution in [3.63, 3.8) is 0 Å². The molecule has 1 aliphatic heterocycles. The van der Waals surface area contributed by atoms with Gasteiger partial charge in [-0.15, -0.1) is 0 Å². The molecule has 1 atom stereocenters. The molecule has 2 aliphatic rings. The zero-order valence-electron chi connectivity index (χ0n) is 14.0. The Labute approximate surface area is 145 Å². The van der Waals surface area contributed by atoms with E-state index in [2.05, 4.69) is 17.1 Å². The van der Waals surface area contributed by atoms with Crippen LogP contribution < -0.4 is 16.0 Å². The number of nitrogens with two attached hydrogens (primary N) is 1. The quantitative estimate of drug-likeness (QED) is 0.620. The maximum absolute atomic E-state index is 14.3. The summed E-state index contributed by atoms with van der Waals surface area (Å²) in [5.41, 5.74) is 4.39. The Morgan fingerprint density at radius 1 is 1.48 bits per heavy atom. The minimum absolute atomic E-state index is 0.232. The molecular formula is C17H20FN5O2. The van der Waals surface area contributed by atoms with Crippen molar-refractivity contribution in [2.75, 3.05) is 24.5 Å². The fourth-order valence-electron chi connectivity index (χ4n) is 2.77. The van der Waals surface area contributed by atoms with Gasteiger partial charge in [0.05, 0.1) is 23.7 Å². The third-order valence-corrected chi connectivity index (χ3v) is 4.24. The first-order valence-corrected chi connectivity index (χ1v) is 8.01. The fourth-order valence-corrected chi connectivity index (χ4v) is 2.77. The topological polar surface area (TPSA) is 115 Å². The molecule has 25 heavy (non-hydrogen) atoms. The van der Waals surface area contributed by atoms with E-state index in [-0.39, 0.29) is 6.10 Å². The van der Waals surface area contributed by atoms with Crippen LogP contribution in [-0.2, 0) is 10.2 Å². The SMILES string of the molecule is CCNCC1CN(c2ccc(C3(C#N)CC3)c(F)c2)C(=O)O1.N#CN. The van der Waals surface area contributed by atoms with Crippen LogP contribution in [0.15, 0.2) is 18.2 Å². The van der Waals surface area contributed by atoms with Crippen molar-refractivity contribution in [3.05, 3.63) is 29.6 Å². The highest BCUT2D eigenvalue weighted by Gasteiger charge is 2.47. The van der Waals surface area contributed by atoms with Gasteiger partial charge in [0.15, 0.2) is 6.19 Å². The van der Waals surface area contributed by atoms with Gasteiger partial charge in [-0.05, 0) is 31.5 Å². The number of halogens is 1. The van der Waals surface area contributed by atoms with Crippen LogP contribution in [0, 0.1) is 28.6 Å². The molecule has 1 saturated heterocycles. The first kappa shape index (κ1) is 18.5. The number of nitrogens with one attached hydrogen (secondary N) is 1. The largest absolute Gasteiger partial charge is 0.443 e. The predicted molar refractivity (Wildman–Crippen MR) is 88.9 cm³/mol. The lowest BCUT2D eigenvalue weighted by molar-refractivity contribution is 0.140. The standard InChI is InChI=1S/C16H18FN3O2.CH2N2/c1-2-19-8-12-9-20(15(21)22-12)11-3-4-13(14(17)7-11)16(10-18)5-6-16;2-1-3/h3-4,7,12,19H,2,5-6,8-9H2,1H3;2H2. The molecule has 1 saturated carbocycles. The average Bonchev–Trinajstić information content (AvgIpc) is 3.30. The average molecular weight is 345 g/mol. The summed E-state index contributed by atoms with van der Waals surface area (Å²) in [5.74, 6) is -0.431. The molecule has 1 amide bonds. The van der Waals surface area contributed by atoms with E-state index in [0.29, 0.717) is 37.2 Å². The number of nitrogens with zero attached hydrogens (tertiary/aromatic N) is 3. The zero-order chi connectivity index (χ0) is 18.4. The number of hydrogen-bond acceptors (Lipinski definition) is 6. The summed E-state index contributed by atoms with van der Waals surface area (Å²) >= 11 is 0. The van der Waals surface area contributed by atoms with E-state index in [1.54, 1.807) is 12.1 Å². The molecule has 0 spiro atoms. The van der Waals surface area contributed by atoms with Crippen molar-refractivity contribution in [1.82, 2.24) is 5.32 Å². The van der Waals surface area contributed by atoms with Gasteiger partial charge in [0.1, 0.15) is 11.9 Å². The number of hydrogen-bond donors (Lipinski definition) is 2.